The molecule has 0 unspecified atom stereocenters. The van der Waals surface area contributed by atoms with E-state index in [0.29, 0.717) is 12.5 Å². The number of aliphatic hydroxyl groups excluding tert-OH is 1. The molecule has 2 rings (SSSR count). The van der Waals surface area contributed by atoms with E-state index in [-0.39, 0.29) is 12.0 Å². The Morgan fingerprint density at radius 3 is 2.29 bits per heavy atom. The van der Waals surface area contributed by atoms with Crippen LogP contribution in [0.2, 0.25) is 0 Å². The number of carboxylic acid groups (broad SMARTS) is 1. The molecule has 0 spiro atoms. The van der Waals surface area contributed by atoms with Gasteiger partial charge in [0.05, 0.1) is 17.9 Å². The molecule has 5 nitrogen and oxygen atoms in total. The Hall–Kier alpha value is -1.10. The highest BCUT2D eigenvalue weighted by Gasteiger charge is 2.65. The van der Waals surface area contributed by atoms with Crippen molar-refractivity contribution in [2.45, 2.75) is 32.8 Å². The van der Waals surface area contributed by atoms with Gasteiger partial charge < -0.3 is 15.5 Å². The van der Waals surface area contributed by atoms with Gasteiger partial charge in [0.25, 0.3) is 0 Å². The third-order valence-electron chi connectivity index (χ3n) is 4.15. The maximum atomic E-state index is 11.8. The summed E-state index contributed by atoms with van der Waals surface area (Å²) in [4.78, 5) is 22.8. The van der Waals surface area contributed by atoms with Gasteiger partial charge in [-0.15, -0.1) is 0 Å². The fraction of sp³-hybridized carbons (Fsp3) is 0.833. The smallest absolute Gasteiger partial charge is 0.307 e. The molecule has 0 aromatic rings. The van der Waals surface area contributed by atoms with Crippen molar-refractivity contribution < 1.29 is 19.8 Å². The molecule has 2 aliphatic rings. The van der Waals surface area contributed by atoms with Gasteiger partial charge >= 0.3 is 5.97 Å². The number of nitrogens with one attached hydrogen (secondary N) is 1. The third-order valence-corrected chi connectivity index (χ3v) is 4.15. The summed E-state index contributed by atoms with van der Waals surface area (Å²) in [5.41, 5.74) is -0.435. The number of aliphatic carboxylic acids is 1. The van der Waals surface area contributed by atoms with Crippen LogP contribution in [0.1, 0.15) is 26.7 Å². The number of rotatable bonds is 4. The number of hydrogen-bond donors (Lipinski definition) is 3. The molecule has 2 atom stereocenters. The van der Waals surface area contributed by atoms with Crippen LogP contribution in [0.25, 0.3) is 0 Å². The summed E-state index contributed by atoms with van der Waals surface area (Å²) in [6, 6.07) is 0. The van der Waals surface area contributed by atoms with Crippen LogP contribution in [0, 0.1) is 23.2 Å². The minimum Gasteiger partial charge on any atom is -0.481 e. The highest BCUT2D eigenvalue weighted by molar-refractivity contribution is 5.91. The Morgan fingerprint density at radius 1 is 1.29 bits per heavy atom. The second kappa shape index (κ2) is 3.98. The molecule has 2 fully saturated rings. The molecule has 2 aliphatic carbocycles. The van der Waals surface area contributed by atoms with Crippen LogP contribution in [0.5, 0.6) is 0 Å². The van der Waals surface area contributed by atoms with Crippen molar-refractivity contribution in [3.63, 3.8) is 0 Å². The molecule has 1 amide bonds. The maximum Gasteiger partial charge on any atom is 0.307 e. The summed E-state index contributed by atoms with van der Waals surface area (Å²) in [6.07, 6.45) is 1.24. The van der Waals surface area contributed by atoms with E-state index in [4.69, 9.17) is 10.2 Å². The zero-order valence-electron chi connectivity index (χ0n) is 10.1. The zero-order chi connectivity index (χ0) is 12.8. The van der Waals surface area contributed by atoms with Crippen LogP contribution in [0.3, 0.4) is 0 Å². The standard InChI is InChI=1S/C12H19NO4/c1-12(2)8(9(12)11(16)17)10(15)13-5-6-3-7(14)4-6/h6-9,14H,3-5H2,1-2H3,(H,13,15)(H,16,17)/t6?,7?,8-,9+/m1/s1. The molecule has 0 bridgehead atoms. The number of aliphatic hydroxyl groups is 1. The van der Waals surface area contributed by atoms with Crippen LogP contribution in [0.4, 0.5) is 0 Å². The molecule has 0 aliphatic heterocycles. The van der Waals surface area contributed by atoms with E-state index in [0.717, 1.165) is 12.8 Å². The van der Waals surface area contributed by atoms with E-state index in [1.54, 1.807) is 0 Å². The number of carboxylic acids is 1. The summed E-state index contributed by atoms with van der Waals surface area (Å²) in [5.74, 6) is -1.68. The third kappa shape index (κ3) is 2.16. The molecule has 0 saturated heterocycles. The van der Waals surface area contributed by atoms with Gasteiger partial charge in [0.1, 0.15) is 0 Å². The largest absolute Gasteiger partial charge is 0.481 e. The van der Waals surface area contributed by atoms with E-state index >= 15 is 0 Å². The van der Waals surface area contributed by atoms with Gasteiger partial charge in [-0.05, 0) is 24.2 Å². The Bertz CT molecular complexity index is 346. The number of carbonyl (C=O) groups is 2. The number of amides is 1. The second-order valence-electron chi connectivity index (χ2n) is 5.85. The van der Waals surface area contributed by atoms with Gasteiger partial charge in [0.2, 0.25) is 5.91 Å². The summed E-state index contributed by atoms with van der Waals surface area (Å²) in [7, 11) is 0. The van der Waals surface area contributed by atoms with Crippen molar-refractivity contribution in [3.05, 3.63) is 0 Å². The highest BCUT2D eigenvalue weighted by Crippen LogP contribution is 2.58. The first kappa shape index (κ1) is 12.4. The summed E-state index contributed by atoms with van der Waals surface area (Å²) < 4.78 is 0. The lowest BCUT2D eigenvalue weighted by atomic mass is 9.82. The molecule has 96 valence electrons. The molecular formula is C12H19NO4. The maximum absolute atomic E-state index is 11.8. The molecule has 0 aromatic heterocycles. The Kier molecular flexibility index (Phi) is 2.89. The minimum atomic E-state index is -0.894. The van der Waals surface area contributed by atoms with Crippen LogP contribution in [0.15, 0.2) is 0 Å². The van der Waals surface area contributed by atoms with Gasteiger partial charge in [0.15, 0.2) is 0 Å². The van der Waals surface area contributed by atoms with Gasteiger partial charge in [-0.3, -0.25) is 9.59 Å². The molecule has 0 radical (unpaired) electrons. The minimum absolute atomic E-state index is 0.163. The predicted molar refractivity (Wildman–Crippen MR) is 60.1 cm³/mol. The zero-order valence-corrected chi connectivity index (χ0v) is 10.1. The van der Waals surface area contributed by atoms with E-state index in [1.807, 2.05) is 13.8 Å². The van der Waals surface area contributed by atoms with Crippen molar-refractivity contribution in [1.29, 1.82) is 0 Å². The van der Waals surface area contributed by atoms with Crippen molar-refractivity contribution in [2.75, 3.05) is 6.54 Å². The lowest BCUT2D eigenvalue weighted by Gasteiger charge is -2.31. The van der Waals surface area contributed by atoms with Gasteiger partial charge in [-0.2, -0.15) is 0 Å². The second-order valence-corrected chi connectivity index (χ2v) is 5.85. The Balaban J connectivity index is 1.79. The fourth-order valence-corrected chi connectivity index (χ4v) is 2.81. The van der Waals surface area contributed by atoms with Gasteiger partial charge in [-0.1, -0.05) is 13.8 Å². The molecule has 2 saturated carbocycles. The van der Waals surface area contributed by atoms with Crippen molar-refractivity contribution in [3.8, 4) is 0 Å². The first-order valence-corrected chi connectivity index (χ1v) is 6.02. The van der Waals surface area contributed by atoms with E-state index in [9.17, 15) is 9.59 Å². The van der Waals surface area contributed by atoms with Crippen molar-refractivity contribution in [1.82, 2.24) is 5.32 Å². The quantitative estimate of drug-likeness (QED) is 0.657. The first-order valence-electron chi connectivity index (χ1n) is 6.02. The van der Waals surface area contributed by atoms with E-state index in [1.165, 1.54) is 0 Å². The van der Waals surface area contributed by atoms with Crippen molar-refractivity contribution in [2.24, 2.45) is 23.2 Å². The highest BCUT2D eigenvalue weighted by atomic mass is 16.4. The monoisotopic (exact) mass is 241 g/mol. The predicted octanol–water partition coefficient (Wildman–Crippen LogP) is 0.230. The summed E-state index contributed by atoms with van der Waals surface area (Å²) >= 11 is 0. The normalized spacial score (nSPS) is 38.1. The molecule has 3 N–H and O–H groups in total. The molecule has 0 heterocycles. The molecule has 0 aromatic carbocycles. The van der Waals surface area contributed by atoms with Gasteiger partial charge in [-0.25, -0.2) is 0 Å². The average Bonchev–Trinajstić information content (AvgIpc) is 2.74. The SMILES string of the molecule is CC1(C)[C@H](C(=O)O)[C@@H]1C(=O)NCC1CC(O)C1. The van der Waals surface area contributed by atoms with E-state index in [2.05, 4.69) is 5.32 Å². The van der Waals surface area contributed by atoms with Crippen LogP contribution in [-0.2, 0) is 9.59 Å². The van der Waals surface area contributed by atoms with Crippen LogP contribution >= 0.6 is 0 Å². The molecule has 5 heteroatoms. The molecule has 17 heavy (non-hydrogen) atoms. The van der Waals surface area contributed by atoms with Crippen LogP contribution in [-0.4, -0.2) is 34.7 Å². The molecular weight excluding hydrogens is 222 g/mol. The Labute approximate surface area is 100 Å². The lowest BCUT2D eigenvalue weighted by Crippen LogP contribution is -2.39. The average molecular weight is 241 g/mol. The summed E-state index contributed by atoms with van der Waals surface area (Å²) in [5, 5.41) is 20.9. The number of hydrogen-bond acceptors (Lipinski definition) is 3. The summed E-state index contributed by atoms with van der Waals surface area (Å²) in [6.45, 7) is 4.17. The fourth-order valence-electron chi connectivity index (χ4n) is 2.81. The number of carbonyl (C=O) groups excluding carboxylic acids is 1. The van der Waals surface area contributed by atoms with Gasteiger partial charge in [0, 0.05) is 6.54 Å². The lowest BCUT2D eigenvalue weighted by molar-refractivity contribution is -0.140. The topological polar surface area (TPSA) is 86.6 Å². The Morgan fingerprint density at radius 2 is 1.88 bits per heavy atom. The van der Waals surface area contributed by atoms with Crippen molar-refractivity contribution >= 4 is 11.9 Å². The van der Waals surface area contributed by atoms with E-state index < -0.39 is 23.2 Å². The first-order chi connectivity index (χ1) is 7.84. The van der Waals surface area contributed by atoms with Crippen LogP contribution < -0.4 is 5.32 Å².